The van der Waals surface area contributed by atoms with Crippen molar-refractivity contribution in [2.75, 3.05) is 29.4 Å². The zero-order valence-corrected chi connectivity index (χ0v) is 28.0. The molecule has 1 unspecified atom stereocenters. The van der Waals surface area contributed by atoms with Gasteiger partial charge in [-0.1, -0.05) is 32.9 Å². The second kappa shape index (κ2) is 12.9. The van der Waals surface area contributed by atoms with E-state index in [1.165, 1.54) is 34.0 Å². The van der Waals surface area contributed by atoms with Crippen molar-refractivity contribution < 1.29 is 30.0 Å². The van der Waals surface area contributed by atoms with Crippen molar-refractivity contribution in [3.8, 4) is 21.8 Å². The first-order valence-electron chi connectivity index (χ1n) is 14.4. The van der Waals surface area contributed by atoms with E-state index in [9.17, 15) is 25.6 Å². The van der Waals surface area contributed by atoms with Gasteiger partial charge in [0.2, 0.25) is 16.0 Å². The Bertz CT molecular complexity index is 1960. The maximum atomic E-state index is 16.1. The third-order valence-electron chi connectivity index (χ3n) is 7.33. The van der Waals surface area contributed by atoms with Gasteiger partial charge >= 0.3 is 0 Å². The topological polar surface area (TPSA) is 134 Å². The fraction of sp³-hybridized carbons (Fsp3) is 0.367. The number of anilines is 2. The van der Waals surface area contributed by atoms with Crippen molar-refractivity contribution >= 4 is 43.0 Å². The van der Waals surface area contributed by atoms with E-state index in [4.69, 9.17) is 4.98 Å². The molecule has 4 aromatic rings. The van der Waals surface area contributed by atoms with Crippen LogP contribution in [0.5, 0.6) is 0 Å². The molecule has 246 valence electrons. The molecule has 1 atom stereocenters. The fourth-order valence-corrected chi connectivity index (χ4v) is 8.21. The smallest absolute Gasteiger partial charge is 0.267 e. The lowest BCUT2D eigenvalue weighted by molar-refractivity contribution is 0.426. The van der Waals surface area contributed by atoms with Crippen molar-refractivity contribution in [3.05, 3.63) is 71.1 Å². The van der Waals surface area contributed by atoms with Gasteiger partial charge in [0.15, 0.2) is 10.7 Å². The van der Waals surface area contributed by atoms with Crippen LogP contribution < -0.4 is 10.0 Å². The predicted octanol–water partition coefficient (Wildman–Crippen LogP) is 6.01. The molecule has 0 aliphatic carbocycles. The van der Waals surface area contributed by atoms with E-state index in [2.05, 4.69) is 15.3 Å². The van der Waals surface area contributed by atoms with Gasteiger partial charge in [0.1, 0.15) is 11.6 Å². The van der Waals surface area contributed by atoms with Gasteiger partial charge in [0.25, 0.3) is 10.0 Å². The molecule has 1 aliphatic heterocycles. The predicted molar refractivity (Wildman–Crippen MR) is 172 cm³/mol. The van der Waals surface area contributed by atoms with Crippen LogP contribution in [0.3, 0.4) is 0 Å². The maximum absolute atomic E-state index is 16.1. The van der Waals surface area contributed by atoms with Gasteiger partial charge in [-0.2, -0.15) is 0 Å². The summed E-state index contributed by atoms with van der Waals surface area (Å²) in [4.78, 5) is 13.1. The van der Waals surface area contributed by atoms with Gasteiger partial charge in [-0.25, -0.2) is 49.3 Å². The number of halogens is 3. The molecule has 16 heteroatoms. The summed E-state index contributed by atoms with van der Waals surface area (Å²) in [6.45, 7) is 6.65. The molecule has 5 rings (SSSR count). The third-order valence-corrected chi connectivity index (χ3v) is 11.6. The summed E-state index contributed by atoms with van der Waals surface area (Å²) in [6, 6.07) is 8.19. The summed E-state index contributed by atoms with van der Waals surface area (Å²) in [7, 11) is -8.13. The molecule has 2 N–H and O–H groups in total. The Morgan fingerprint density at radius 1 is 0.935 bits per heavy atom. The Hall–Kier alpha value is -3.60. The van der Waals surface area contributed by atoms with Crippen molar-refractivity contribution in [3.63, 3.8) is 0 Å². The zero-order chi connectivity index (χ0) is 33.4. The van der Waals surface area contributed by atoms with Crippen molar-refractivity contribution in [1.29, 1.82) is 0 Å². The van der Waals surface area contributed by atoms with Crippen LogP contribution in [0.4, 0.5) is 24.8 Å². The monoisotopic (exact) mass is 694 g/mol. The number of hydrogen-bond donors (Lipinski definition) is 2. The molecule has 0 bridgehead atoms. The number of thiazole rings is 1. The van der Waals surface area contributed by atoms with Gasteiger partial charge in [-0.3, -0.25) is 4.72 Å². The third kappa shape index (κ3) is 7.35. The first-order valence-corrected chi connectivity index (χ1v) is 18.5. The molecule has 0 radical (unpaired) electrons. The molecular formula is C30H33F3N6O4S3. The van der Waals surface area contributed by atoms with E-state index in [-0.39, 0.29) is 17.3 Å². The minimum atomic E-state index is -4.83. The summed E-state index contributed by atoms with van der Waals surface area (Å²) >= 11 is 1.30. The van der Waals surface area contributed by atoms with Crippen LogP contribution in [-0.4, -0.2) is 61.5 Å². The molecule has 1 saturated heterocycles. The van der Waals surface area contributed by atoms with E-state index in [0.29, 0.717) is 53.9 Å². The van der Waals surface area contributed by atoms with Crippen LogP contribution in [-0.2, 0) is 25.5 Å². The summed E-state index contributed by atoms with van der Waals surface area (Å²) in [5, 5.41) is 3.96. The lowest BCUT2D eigenvalue weighted by atomic mass is 9.98. The number of sulfonamides is 2. The highest BCUT2D eigenvalue weighted by Crippen LogP contribution is 2.42. The first kappa shape index (κ1) is 33.8. The lowest BCUT2D eigenvalue weighted by Crippen LogP contribution is -2.31. The Morgan fingerprint density at radius 3 is 2.30 bits per heavy atom. The molecule has 2 aromatic heterocycles. The molecule has 2 aromatic carbocycles. The molecule has 1 aliphatic rings. The van der Waals surface area contributed by atoms with Crippen LogP contribution >= 0.6 is 11.3 Å². The molecule has 0 saturated carbocycles. The van der Waals surface area contributed by atoms with Gasteiger partial charge < -0.3 is 5.32 Å². The molecule has 3 heterocycles. The normalized spacial score (nSPS) is 16.6. The number of benzene rings is 2. The molecule has 0 amide bonds. The second-order valence-electron chi connectivity index (χ2n) is 12.0. The van der Waals surface area contributed by atoms with E-state index in [1.54, 1.807) is 12.3 Å². The zero-order valence-electron chi connectivity index (χ0n) is 25.5. The fourth-order valence-electron chi connectivity index (χ4n) is 5.01. The first-order chi connectivity index (χ1) is 21.5. The summed E-state index contributed by atoms with van der Waals surface area (Å²) in [6.07, 6.45) is 4.69. The largest absolute Gasteiger partial charge is 0.351 e. The molecule has 1 fully saturated rings. The minimum absolute atomic E-state index is 0.0475. The van der Waals surface area contributed by atoms with Gasteiger partial charge in [0, 0.05) is 36.3 Å². The SMILES string of the molecule is CC(C)(C)c1nc(-c2cccc(NS(=O)(=O)c3c(F)cccc3F)c2F)c(-c2ccnc(NC3CCCN(S(C)(=O)=O)CC3)n2)s1. The highest BCUT2D eigenvalue weighted by atomic mass is 32.2. The summed E-state index contributed by atoms with van der Waals surface area (Å²) < 4.78 is 98.1. The molecule has 10 nitrogen and oxygen atoms in total. The van der Waals surface area contributed by atoms with Crippen LogP contribution in [0, 0.1) is 17.5 Å². The van der Waals surface area contributed by atoms with E-state index < -0.39 is 53.5 Å². The highest BCUT2D eigenvalue weighted by molar-refractivity contribution is 7.92. The number of rotatable bonds is 8. The van der Waals surface area contributed by atoms with Crippen molar-refractivity contribution in [1.82, 2.24) is 19.3 Å². The van der Waals surface area contributed by atoms with Crippen molar-refractivity contribution in [2.45, 2.75) is 56.4 Å². The number of aromatic nitrogens is 3. The average molecular weight is 695 g/mol. The molecule has 0 spiro atoms. The van der Waals surface area contributed by atoms with Gasteiger partial charge in [0.05, 0.1) is 33.2 Å². The Balaban J connectivity index is 1.50. The highest BCUT2D eigenvalue weighted by Gasteiger charge is 2.29. The molecular weight excluding hydrogens is 662 g/mol. The van der Waals surface area contributed by atoms with Crippen LogP contribution in [0.25, 0.3) is 21.8 Å². The molecule has 46 heavy (non-hydrogen) atoms. The van der Waals surface area contributed by atoms with Gasteiger partial charge in [-0.05, 0) is 49.6 Å². The van der Waals surface area contributed by atoms with E-state index in [1.807, 2.05) is 25.5 Å². The number of nitrogens with one attached hydrogen (secondary N) is 2. The van der Waals surface area contributed by atoms with E-state index in [0.717, 1.165) is 24.3 Å². The second-order valence-corrected chi connectivity index (χ2v) is 16.6. The number of nitrogens with zero attached hydrogens (tertiary/aromatic N) is 4. The van der Waals surface area contributed by atoms with Crippen LogP contribution in [0.1, 0.15) is 45.0 Å². The van der Waals surface area contributed by atoms with Crippen molar-refractivity contribution in [2.24, 2.45) is 0 Å². The Kier molecular flexibility index (Phi) is 9.46. The standard InChI is InChI=1S/C30H33F3N6O4S3/c1-30(2,3)28-37-25(19-9-5-12-22(24(19)33)38-46(42,43)27-20(31)10-6-11-21(27)32)26(44-28)23-13-15-34-29(36-23)35-18-8-7-16-39(17-14-18)45(4,40)41/h5-6,9-13,15,18,38H,7-8,14,16-17H2,1-4H3,(H,34,35,36). The van der Waals surface area contributed by atoms with Gasteiger partial charge in [-0.15, -0.1) is 11.3 Å². The minimum Gasteiger partial charge on any atom is -0.351 e. The lowest BCUT2D eigenvalue weighted by Gasteiger charge is -2.18. The Labute approximate surface area is 270 Å². The quantitative estimate of drug-likeness (QED) is 0.229. The maximum Gasteiger partial charge on any atom is 0.267 e. The average Bonchev–Trinajstić information content (AvgIpc) is 3.27. The Morgan fingerprint density at radius 2 is 1.63 bits per heavy atom. The summed E-state index contributed by atoms with van der Waals surface area (Å²) in [5.41, 5.74) is -0.360. The number of hydrogen-bond acceptors (Lipinski definition) is 9. The van der Waals surface area contributed by atoms with E-state index >= 15 is 4.39 Å². The van der Waals surface area contributed by atoms with Crippen LogP contribution in [0.2, 0.25) is 0 Å². The van der Waals surface area contributed by atoms with Crippen LogP contribution in [0.15, 0.2) is 53.6 Å². The summed E-state index contributed by atoms with van der Waals surface area (Å²) in [5.74, 6) is -3.31.